The van der Waals surface area contributed by atoms with Gasteiger partial charge in [0.2, 0.25) is 6.33 Å². The second-order valence-corrected chi connectivity index (χ2v) is 16.5. The zero-order chi connectivity index (χ0) is 40.8. The van der Waals surface area contributed by atoms with Crippen molar-refractivity contribution < 1.29 is 30.4 Å². The minimum absolute atomic E-state index is 0. The molecule has 0 bridgehead atoms. The summed E-state index contributed by atoms with van der Waals surface area (Å²) in [4.78, 5) is 4.86. The van der Waals surface area contributed by atoms with Crippen LogP contribution in [0.3, 0.4) is 0 Å². The van der Waals surface area contributed by atoms with Crippen molar-refractivity contribution in [3.05, 3.63) is 205 Å². The molecule has 0 fully saturated rings. The Hall–Kier alpha value is -6.55. The number of rotatable bonds is 9. The smallest absolute Gasteiger partial charge is 0.242 e. The fraction of sp³-hybridized carbons (Fsp3) is 0.127. The fourth-order valence-electron chi connectivity index (χ4n) is 8.41. The molecule has 6 heteroatoms. The molecule has 5 nitrogen and oxygen atoms in total. The van der Waals surface area contributed by atoms with Crippen molar-refractivity contribution in [2.24, 2.45) is 0 Å². The summed E-state index contributed by atoms with van der Waals surface area (Å²) in [5.74, 6) is 2.05. The summed E-state index contributed by atoms with van der Waals surface area (Å²) in [5, 5.41) is 2.26. The van der Waals surface area contributed by atoms with Crippen molar-refractivity contribution in [2.75, 3.05) is 0 Å². The van der Waals surface area contributed by atoms with Crippen LogP contribution in [0.1, 0.15) is 37.5 Å². The van der Waals surface area contributed by atoms with Gasteiger partial charge in [-0.2, -0.15) is 18.2 Å². The van der Waals surface area contributed by atoms with Gasteiger partial charge in [-0.1, -0.05) is 153 Å². The number of fused-ring (bicyclic) bond motifs is 4. The molecule has 0 N–H and O–H groups in total. The zero-order valence-corrected chi connectivity index (χ0v) is 36.9. The van der Waals surface area contributed by atoms with Gasteiger partial charge >= 0.3 is 0 Å². The molecule has 7 aromatic carbocycles. The largest absolute Gasteiger partial charge is 0.510 e. The van der Waals surface area contributed by atoms with E-state index in [2.05, 4.69) is 205 Å². The number of pyridine rings is 1. The molecule has 0 amide bonds. The minimum Gasteiger partial charge on any atom is -0.510 e. The maximum Gasteiger partial charge on any atom is 0.242 e. The first kappa shape index (κ1) is 39.9. The number of benzene rings is 7. The molecule has 0 radical (unpaired) electrons. The second-order valence-electron chi connectivity index (χ2n) is 16.5. The van der Waals surface area contributed by atoms with Gasteiger partial charge in [-0.15, -0.1) is 29.7 Å². The van der Waals surface area contributed by atoms with Gasteiger partial charge in [0.15, 0.2) is 0 Å². The number of aromatic nitrogens is 4. The van der Waals surface area contributed by atoms with Crippen LogP contribution in [-0.2, 0) is 39.4 Å². The topological polar surface area (TPSA) is 35.9 Å². The van der Waals surface area contributed by atoms with E-state index in [1.54, 1.807) is 0 Å². The number of nitrogens with zero attached hydrogens (tertiary/aromatic N) is 4. The van der Waals surface area contributed by atoms with Gasteiger partial charge in [-0.25, -0.2) is 4.98 Å². The first-order valence-corrected chi connectivity index (χ1v) is 20.6. The third-order valence-electron chi connectivity index (χ3n) is 11.4. The van der Waals surface area contributed by atoms with Crippen molar-refractivity contribution in [1.29, 1.82) is 0 Å². The Kier molecular flexibility index (Phi) is 10.8. The molecule has 0 spiro atoms. The van der Waals surface area contributed by atoms with E-state index >= 15 is 0 Å². The van der Waals surface area contributed by atoms with E-state index in [9.17, 15) is 0 Å². The predicted molar refractivity (Wildman–Crippen MR) is 243 cm³/mol. The third-order valence-corrected chi connectivity index (χ3v) is 11.4. The predicted octanol–water partition coefficient (Wildman–Crippen LogP) is 12.8. The normalized spacial score (nSPS) is 11.6. The van der Waals surface area contributed by atoms with Gasteiger partial charge in [-0.05, 0) is 69.3 Å². The van der Waals surface area contributed by atoms with E-state index in [1.807, 2.05) is 24.4 Å². The SMILES string of the molecule is Cc1ccc2c(c1)c1ccc(Oc3[c-]c(-n4[c-][n+](CCc5c(-c6ccccc6)cccc5-c5ccccc5)c5ccccc54)ccc3)[c-]c1n2-c1cc(C(C)(C)C)ccn1.[Pt]. The molecule has 0 aliphatic heterocycles. The van der Waals surface area contributed by atoms with Gasteiger partial charge < -0.3 is 18.4 Å². The van der Waals surface area contributed by atoms with Gasteiger partial charge in [-0.3, -0.25) is 0 Å². The number of hydrogen-bond donors (Lipinski definition) is 0. The third kappa shape index (κ3) is 7.71. The molecular weight excluding hydrogens is 928 g/mol. The summed E-state index contributed by atoms with van der Waals surface area (Å²) in [5.41, 5.74) is 13.6. The van der Waals surface area contributed by atoms with Crippen LogP contribution in [0.5, 0.6) is 11.5 Å². The van der Waals surface area contributed by atoms with Crippen LogP contribution in [0.4, 0.5) is 0 Å². The number of ether oxygens (including phenoxy) is 1. The van der Waals surface area contributed by atoms with Crippen LogP contribution >= 0.6 is 0 Å². The summed E-state index contributed by atoms with van der Waals surface area (Å²) >= 11 is 0. The van der Waals surface area contributed by atoms with Crippen LogP contribution in [0, 0.1) is 25.4 Å². The molecule has 0 saturated heterocycles. The van der Waals surface area contributed by atoms with Crippen molar-refractivity contribution in [3.63, 3.8) is 0 Å². The van der Waals surface area contributed by atoms with Crippen LogP contribution in [0.25, 0.3) is 66.6 Å². The number of hydrogen-bond acceptors (Lipinski definition) is 2. The molecule has 10 aromatic rings. The average molecular weight is 972 g/mol. The molecule has 10 rings (SSSR count). The molecular formula is C55H44N4OPt-2. The van der Waals surface area contributed by atoms with Crippen molar-refractivity contribution >= 4 is 32.8 Å². The maximum atomic E-state index is 6.59. The average Bonchev–Trinajstić information content (AvgIpc) is 3.81. The van der Waals surface area contributed by atoms with Crippen LogP contribution in [0.15, 0.2) is 170 Å². The van der Waals surface area contributed by atoms with Crippen LogP contribution < -0.4 is 9.30 Å². The standard InChI is InChI=1S/C55H44N4O.Pt/c1-38-25-28-50-49(33-38)48-27-26-44(36-53(48)59(50)54-34-41(29-31-56-54)55(2,3)4)60-43-20-13-19-42(35-43)58-37-57(51-23-11-12-24-52(51)58)32-30-47-45(39-15-7-5-8-16-39)21-14-22-46(47)40-17-9-6-10-18-40;/h5-29,31,33-34H,30,32H2,1-4H3;/q-2;. The van der Waals surface area contributed by atoms with Crippen molar-refractivity contribution in [1.82, 2.24) is 14.1 Å². The number of aryl methyl sites for hydroxylation is 2. The van der Waals surface area contributed by atoms with E-state index < -0.39 is 0 Å². The first-order chi connectivity index (χ1) is 29.3. The van der Waals surface area contributed by atoms with E-state index in [1.165, 1.54) is 38.9 Å². The molecule has 0 aliphatic rings. The molecule has 0 unspecified atom stereocenters. The Morgan fingerprint density at radius 2 is 1.33 bits per heavy atom. The molecule has 3 heterocycles. The molecule has 0 saturated carbocycles. The minimum atomic E-state index is -0.0205. The van der Waals surface area contributed by atoms with E-state index in [0.717, 1.165) is 57.3 Å². The van der Waals surface area contributed by atoms with Gasteiger partial charge in [0.1, 0.15) is 5.82 Å². The first-order valence-electron chi connectivity index (χ1n) is 20.6. The molecule has 0 aliphatic carbocycles. The van der Waals surface area contributed by atoms with Gasteiger partial charge in [0, 0.05) is 50.7 Å². The summed E-state index contributed by atoms with van der Waals surface area (Å²) in [6.45, 7) is 9.55. The van der Waals surface area contributed by atoms with E-state index in [4.69, 9.17) is 9.72 Å². The molecule has 0 atom stereocenters. The van der Waals surface area contributed by atoms with Crippen molar-refractivity contribution in [2.45, 2.75) is 46.1 Å². The second kappa shape index (κ2) is 16.5. The monoisotopic (exact) mass is 971 g/mol. The summed E-state index contributed by atoms with van der Waals surface area (Å²) < 4.78 is 13.1. The summed E-state index contributed by atoms with van der Waals surface area (Å²) in [7, 11) is 0. The quantitative estimate of drug-likeness (QED) is 0.107. The zero-order valence-electron chi connectivity index (χ0n) is 34.6. The van der Waals surface area contributed by atoms with Gasteiger partial charge in [0.25, 0.3) is 0 Å². The Bertz CT molecular complexity index is 3120. The summed E-state index contributed by atoms with van der Waals surface area (Å²) in [6, 6.07) is 64.7. The maximum absolute atomic E-state index is 6.59. The number of imidazole rings is 1. The fourth-order valence-corrected chi connectivity index (χ4v) is 8.41. The summed E-state index contributed by atoms with van der Waals surface area (Å²) in [6.07, 6.45) is 6.42. The number of para-hydroxylation sites is 2. The molecule has 3 aromatic heterocycles. The molecule has 302 valence electrons. The van der Waals surface area contributed by atoms with Crippen molar-refractivity contribution in [3.8, 4) is 45.3 Å². The Morgan fingerprint density at radius 3 is 2.07 bits per heavy atom. The Balaban J connectivity index is 0.00000476. The Morgan fingerprint density at radius 1 is 0.639 bits per heavy atom. The Labute approximate surface area is 371 Å². The molecule has 61 heavy (non-hydrogen) atoms. The van der Waals surface area contributed by atoms with E-state index in [-0.39, 0.29) is 26.5 Å². The van der Waals surface area contributed by atoms with E-state index in [0.29, 0.717) is 11.5 Å². The van der Waals surface area contributed by atoms with Crippen LogP contribution in [0.2, 0.25) is 0 Å². The van der Waals surface area contributed by atoms with Gasteiger partial charge in [0.05, 0.1) is 17.6 Å². The van der Waals surface area contributed by atoms with Crippen LogP contribution in [-0.4, -0.2) is 14.1 Å².